The van der Waals surface area contributed by atoms with Gasteiger partial charge in [-0.3, -0.25) is 9.69 Å². The molecule has 4 nitrogen and oxygen atoms in total. The van der Waals surface area contributed by atoms with Crippen LogP contribution in [-0.4, -0.2) is 59.8 Å². The van der Waals surface area contributed by atoms with Crippen LogP contribution >= 0.6 is 15.9 Å². The Morgan fingerprint density at radius 3 is 2.54 bits per heavy atom. The first-order valence-electron chi connectivity index (χ1n) is 8.85. The van der Waals surface area contributed by atoms with Gasteiger partial charge in [0, 0.05) is 48.7 Å². The zero-order valence-electron chi connectivity index (χ0n) is 14.2. The van der Waals surface area contributed by atoms with Crippen LogP contribution in [-0.2, 0) is 16.1 Å². The van der Waals surface area contributed by atoms with E-state index in [1.54, 1.807) is 9.80 Å². The van der Waals surface area contributed by atoms with Crippen molar-refractivity contribution in [3.05, 3.63) is 33.8 Å². The van der Waals surface area contributed by atoms with Crippen LogP contribution in [0.2, 0.25) is 0 Å². The molecule has 4 rings (SSSR count). The number of ether oxygens (including phenoxy) is 1. The van der Waals surface area contributed by atoms with Gasteiger partial charge in [-0.2, -0.15) is 0 Å². The van der Waals surface area contributed by atoms with E-state index >= 15 is 4.39 Å². The minimum atomic E-state index is -1.52. The molecule has 1 aromatic carbocycles. The highest BCUT2D eigenvalue weighted by atomic mass is 79.9. The lowest BCUT2D eigenvalue weighted by atomic mass is 9.86. The van der Waals surface area contributed by atoms with Crippen molar-refractivity contribution >= 4 is 21.8 Å². The van der Waals surface area contributed by atoms with Gasteiger partial charge in [0.2, 0.25) is 0 Å². The Hall–Kier alpha value is -1.12. The molecule has 0 N–H and O–H groups in total. The van der Waals surface area contributed by atoms with Gasteiger partial charge in [-0.25, -0.2) is 13.2 Å². The minimum Gasteiger partial charge on any atom is -0.360 e. The number of likely N-dealkylation sites (tertiary alicyclic amines) is 1. The van der Waals surface area contributed by atoms with Crippen molar-refractivity contribution in [2.45, 2.75) is 43.6 Å². The molecule has 2 saturated heterocycles. The van der Waals surface area contributed by atoms with E-state index in [0.29, 0.717) is 24.2 Å². The quantitative estimate of drug-likeness (QED) is 0.735. The number of hydrogen-bond acceptors (Lipinski definition) is 3. The zero-order chi connectivity index (χ0) is 18.5. The molecule has 1 spiro atoms. The Bertz CT molecular complexity index is 707. The number of alkyl halides is 1. The fourth-order valence-corrected chi connectivity index (χ4v) is 4.31. The third kappa shape index (κ3) is 3.16. The van der Waals surface area contributed by atoms with E-state index in [4.69, 9.17) is 4.74 Å². The van der Waals surface area contributed by atoms with Crippen LogP contribution in [0.15, 0.2) is 16.6 Å². The largest absolute Gasteiger partial charge is 0.360 e. The highest BCUT2D eigenvalue weighted by Crippen LogP contribution is 2.38. The van der Waals surface area contributed by atoms with Crippen LogP contribution in [0.25, 0.3) is 0 Å². The van der Waals surface area contributed by atoms with E-state index in [1.165, 1.54) is 12.1 Å². The second-order valence-electron chi connectivity index (χ2n) is 7.27. The highest BCUT2D eigenvalue weighted by molar-refractivity contribution is 9.10. The molecule has 0 aromatic heterocycles. The molecule has 142 valence electrons. The van der Waals surface area contributed by atoms with Gasteiger partial charge in [0.1, 0.15) is 11.6 Å². The standard InChI is InChI=1S/C18H20BrF3N2O2/c19-11-7-14(20)13(15(21)8-11)9-23-4-3-18(16(22)10-23)17(25)24(5-6-26-18)12-1-2-12/h7-8,12,16H,1-6,9-10H2. The van der Waals surface area contributed by atoms with Gasteiger partial charge in [-0.05, 0) is 25.0 Å². The monoisotopic (exact) mass is 432 g/mol. The number of piperidine rings is 1. The molecule has 26 heavy (non-hydrogen) atoms. The first-order chi connectivity index (χ1) is 12.4. The first kappa shape index (κ1) is 18.3. The maximum Gasteiger partial charge on any atom is 0.258 e. The number of amides is 1. The Morgan fingerprint density at radius 2 is 1.92 bits per heavy atom. The third-order valence-electron chi connectivity index (χ3n) is 5.51. The molecule has 1 aromatic rings. The molecule has 2 heterocycles. The Kier molecular flexibility index (Phi) is 4.77. The normalized spacial score (nSPS) is 30.2. The summed E-state index contributed by atoms with van der Waals surface area (Å²) in [5, 5.41) is 0. The molecular weight excluding hydrogens is 413 g/mol. The summed E-state index contributed by atoms with van der Waals surface area (Å²) in [7, 11) is 0. The van der Waals surface area contributed by atoms with Crippen LogP contribution in [0.1, 0.15) is 24.8 Å². The van der Waals surface area contributed by atoms with Crippen molar-refractivity contribution in [2.24, 2.45) is 0 Å². The third-order valence-corrected chi connectivity index (χ3v) is 5.97. The maximum atomic E-state index is 15.0. The van der Waals surface area contributed by atoms with E-state index in [-0.39, 0.29) is 37.0 Å². The molecule has 2 aliphatic heterocycles. The van der Waals surface area contributed by atoms with Crippen molar-refractivity contribution < 1.29 is 22.7 Å². The molecule has 0 radical (unpaired) electrons. The van der Waals surface area contributed by atoms with Crippen LogP contribution < -0.4 is 0 Å². The van der Waals surface area contributed by atoms with Crippen LogP contribution in [0.5, 0.6) is 0 Å². The van der Waals surface area contributed by atoms with Gasteiger partial charge in [0.05, 0.1) is 6.61 Å². The van der Waals surface area contributed by atoms with Gasteiger partial charge in [-0.1, -0.05) is 15.9 Å². The number of hydrogen-bond donors (Lipinski definition) is 0. The molecule has 0 bridgehead atoms. The molecule has 2 atom stereocenters. The lowest BCUT2D eigenvalue weighted by molar-refractivity contribution is -0.195. The molecular formula is C18H20BrF3N2O2. The van der Waals surface area contributed by atoms with E-state index in [2.05, 4.69) is 15.9 Å². The van der Waals surface area contributed by atoms with Crippen molar-refractivity contribution in [1.29, 1.82) is 0 Å². The fourth-order valence-electron chi connectivity index (χ4n) is 3.91. The summed E-state index contributed by atoms with van der Waals surface area (Å²) in [5.74, 6) is -1.60. The van der Waals surface area contributed by atoms with Crippen molar-refractivity contribution in [1.82, 2.24) is 9.80 Å². The van der Waals surface area contributed by atoms with Gasteiger partial charge >= 0.3 is 0 Å². The molecule has 1 saturated carbocycles. The molecule has 1 amide bonds. The van der Waals surface area contributed by atoms with E-state index in [9.17, 15) is 13.6 Å². The minimum absolute atomic E-state index is 0.0397. The Labute approximate surface area is 158 Å². The van der Waals surface area contributed by atoms with Crippen molar-refractivity contribution in [3.63, 3.8) is 0 Å². The number of nitrogens with zero attached hydrogens (tertiary/aromatic N) is 2. The highest BCUT2D eigenvalue weighted by Gasteiger charge is 2.56. The van der Waals surface area contributed by atoms with E-state index in [0.717, 1.165) is 12.8 Å². The number of halogens is 4. The summed E-state index contributed by atoms with van der Waals surface area (Å²) in [5.41, 5.74) is -1.53. The van der Waals surface area contributed by atoms with Crippen molar-refractivity contribution in [2.75, 3.05) is 26.2 Å². The number of rotatable bonds is 3. The number of carbonyl (C=O) groups is 1. The number of carbonyl (C=O) groups excluding carboxylic acids is 1. The number of benzene rings is 1. The smallest absolute Gasteiger partial charge is 0.258 e. The summed E-state index contributed by atoms with van der Waals surface area (Å²) in [6, 6.07) is 2.61. The number of morpholine rings is 1. The van der Waals surface area contributed by atoms with Crippen LogP contribution in [0.4, 0.5) is 13.2 Å². The van der Waals surface area contributed by atoms with Crippen LogP contribution in [0, 0.1) is 11.6 Å². The second-order valence-corrected chi connectivity index (χ2v) is 8.18. The summed E-state index contributed by atoms with van der Waals surface area (Å²) in [4.78, 5) is 16.2. The summed E-state index contributed by atoms with van der Waals surface area (Å²) in [6.07, 6.45) is 0.600. The predicted octanol–water partition coefficient (Wildman–Crippen LogP) is 3.03. The van der Waals surface area contributed by atoms with Gasteiger partial charge in [0.15, 0.2) is 11.8 Å². The zero-order valence-corrected chi connectivity index (χ0v) is 15.8. The molecule has 3 aliphatic rings. The van der Waals surface area contributed by atoms with Gasteiger partial charge < -0.3 is 9.64 Å². The lowest BCUT2D eigenvalue weighted by Crippen LogP contribution is -2.66. The lowest BCUT2D eigenvalue weighted by Gasteiger charge is -2.47. The Morgan fingerprint density at radius 1 is 1.23 bits per heavy atom. The Balaban J connectivity index is 1.48. The summed E-state index contributed by atoms with van der Waals surface area (Å²) < 4.78 is 49.1. The average Bonchev–Trinajstić information content (AvgIpc) is 3.41. The van der Waals surface area contributed by atoms with Gasteiger partial charge in [0.25, 0.3) is 5.91 Å². The SMILES string of the molecule is O=C1N(C2CC2)CCOC12CCN(Cc1c(F)cc(Br)cc1F)CC2F. The average molecular weight is 433 g/mol. The first-order valence-corrected chi connectivity index (χ1v) is 9.65. The molecule has 1 aliphatic carbocycles. The topological polar surface area (TPSA) is 32.8 Å². The summed E-state index contributed by atoms with van der Waals surface area (Å²) >= 11 is 3.05. The molecule has 2 unspecified atom stereocenters. The van der Waals surface area contributed by atoms with E-state index in [1.807, 2.05) is 0 Å². The van der Waals surface area contributed by atoms with Gasteiger partial charge in [-0.15, -0.1) is 0 Å². The summed E-state index contributed by atoms with van der Waals surface area (Å²) in [6.45, 7) is 1.07. The van der Waals surface area contributed by atoms with Crippen molar-refractivity contribution in [3.8, 4) is 0 Å². The predicted molar refractivity (Wildman–Crippen MR) is 92.3 cm³/mol. The molecule has 3 fully saturated rings. The van der Waals surface area contributed by atoms with E-state index < -0.39 is 23.4 Å². The molecule has 8 heteroatoms. The van der Waals surface area contributed by atoms with Crippen LogP contribution in [0.3, 0.4) is 0 Å². The second kappa shape index (κ2) is 6.80. The maximum absolute atomic E-state index is 15.0. The fraction of sp³-hybridized carbons (Fsp3) is 0.611.